The molecule has 0 fully saturated rings. The molecule has 3 N–H and O–H groups in total. The van der Waals surface area contributed by atoms with Gasteiger partial charge in [-0.25, -0.2) is 4.98 Å². The molecule has 0 saturated carbocycles. The molecule has 0 aliphatic heterocycles. The van der Waals surface area contributed by atoms with Gasteiger partial charge in [0, 0.05) is 13.1 Å². The van der Waals surface area contributed by atoms with Gasteiger partial charge < -0.3 is 15.4 Å². The van der Waals surface area contributed by atoms with Crippen LogP contribution in [-0.2, 0) is 11.8 Å². The zero-order valence-corrected chi connectivity index (χ0v) is 11.4. The number of aliphatic carboxylic acids is 1. The summed E-state index contributed by atoms with van der Waals surface area (Å²) in [7, 11) is 1.93. The van der Waals surface area contributed by atoms with Crippen molar-refractivity contribution >= 4 is 17.0 Å². The molecule has 2 rings (SSSR count). The average Bonchev–Trinajstić information content (AvgIpc) is 2.68. The Labute approximate surface area is 112 Å². The predicted molar refractivity (Wildman–Crippen MR) is 73.7 cm³/mol. The second-order valence-corrected chi connectivity index (χ2v) is 5.64. The number of nitrogens with two attached hydrogens (primary N) is 1. The van der Waals surface area contributed by atoms with E-state index < -0.39 is 11.4 Å². The van der Waals surface area contributed by atoms with Crippen LogP contribution in [0.1, 0.15) is 31.9 Å². The number of nitrogens with zero attached hydrogens (tertiary/aromatic N) is 2. The molecule has 0 aliphatic rings. The van der Waals surface area contributed by atoms with Crippen LogP contribution in [0.4, 0.5) is 0 Å². The first-order valence-electron chi connectivity index (χ1n) is 6.19. The van der Waals surface area contributed by atoms with Crippen LogP contribution in [0.2, 0.25) is 0 Å². The maximum atomic E-state index is 10.9. The van der Waals surface area contributed by atoms with E-state index in [1.54, 1.807) is 6.33 Å². The highest BCUT2D eigenvalue weighted by Crippen LogP contribution is 2.35. The van der Waals surface area contributed by atoms with Gasteiger partial charge in [0.15, 0.2) is 0 Å². The minimum Gasteiger partial charge on any atom is -0.481 e. The molecule has 1 aromatic carbocycles. The molecule has 19 heavy (non-hydrogen) atoms. The van der Waals surface area contributed by atoms with E-state index in [0.717, 1.165) is 16.6 Å². The Morgan fingerprint density at radius 1 is 1.53 bits per heavy atom. The largest absolute Gasteiger partial charge is 0.481 e. The molecule has 1 unspecified atom stereocenters. The smallest absolute Gasteiger partial charge is 0.303 e. The van der Waals surface area contributed by atoms with Gasteiger partial charge in [0.1, 0.15) is 0 Å². The summed E-state index contributed by atoms with van der Waals surface area (Å²) in [5.74, 6) is -0.834. The molecule has 1 atom stereocenters. The van der Waals surface area contributed by atoms with E-state index in [4.69, 9.17) is 10.8 Å². The Bertz CT molecular complexity index is 616. The van der Waals surface area contributed by atoms with E-state index in [1.807, 2.05) is 43.7 Å². The fourth-order valence-electron chi connectivity index (χ4n) is 2.30. The molecule has 1 heterocycles. The molecule has 0 bridgehead atoms. The van der Waals surface area contributed by atoms with Crippen molar-refractivity contribution in [1.29, 1.82) is 0 Å². The van der Waals surface area contributed by atoms with Crippen molar-refractivity contribution in [2.24, 2.45) is 18.2 Å². The van der Waals surface area contributed by atoms with Gasteiger partial charge in [-0.1, -0.05) is 19.9 Å². The Kier molecular flexibility index (Phi) is 3.32. The number of carboxylic acid groups (broad SMARTS) is 1. The molecule has 5 nitrogen and oxygen atoms in total. The summed E-state index contributed by atoms with van der Waals surface area (Å²) in [6.07, 6.45) is 1.79. The highest BCUT2D eigenvalue weighted by Gasteiger charge is 2.30. The molecule has 0 amide bonds. The minimum atomic E-state index is -0.834. The summed E-state index contributed by atoms with van der Waals surface area (Å²) >= 11 is 0. The van der Waals surface area contributed by atoms with Gasteiger partial charge in [0.05, 0.1) is 23.8 Å². The van der Waals surface area contributed by atoms with E-state index in [-0.39, 0.29) is 12.5 Å². The van der Waals surface area contributed by atoms with Crippen molar-refractivity contribution < 1.29 is 9.90 Å². The van der Waals surface area contributed by atoms with Gasteiger partial charge in [-0.05, 0) is 23.1 Å². The first kappa shape index (κ1) is 13.5. The van der Waals surface area contributed by atoms with Gasteiger partial charge in [0.25, 0.3) is 0 Å². The molecule has 5 heteroatoms. The van der Waals surface area contributed by atoms with Crippen LogP contribution < -0.4 is 5.73 Å². The number of benzene rings is 1. The second kappa shape index (κ2) is 4.66. The topological polar surface area (TPSA) is 81.1 Å². The number of carbonyl (C=O) groups is 1. The zero-order valence-electron chi connectivity index (χ0n) is 11.4. The van der Waals surface area contributed by atoms with Gasteiger partial charge in [0.2, 0.25) is 0 Å². The Hall–Kier alpha value is -1.88. The number of hydrogen-bond acceptors (Lipinski definition) is 3. The number of aryl methyl sites for hydroxylation is 1. The van der Waals surface area contributed by atoms with Crippen molar-refractivity contribution in [3.63, 3.8) is 0 Å². The van der Waals surface area contributed by atoms with E-state index in [2.05, 4.69) is 4.98 Å². The van der Waals surface area contributed by atoms with Crippen molar-refractivity contribution in [1.82, 2.24) is 9.55 Å². The Balaban J connectivity index is 2.35. The molecule has 0 radical (unpaired) electrons. The number of fused-ring (bicyclic) bond motifs is 1. The summed E-state index contributed by atoms with van der Waals surface area (Å²) in [5, 5.41) is 8.95. The fraction of sp³-hybridized carbons (Fsp3) is 0.429. The third-order valence-electron chi connectivity index (χ3n) is 3.56. The molecule has 0 spiro atoms. The summed E-state index contributed by atoms with van der Waals surface area (Å²) < 4.78 is 1.94. The molecule has 2 aromatic rings. The Morgan fingerprint density at radius 3 is 2.84 bits per heavy atom. The monoisotopic (exact) mass is 261 g/mol. The van der Waals surface area contributed by atoms with Crippen molar-refractivity contribution in [3.05, 3.63) is 30.1 Å². The fourth-order valence-corrected chi connectivity index (χ4v) is 2.30. The lowest BCUT2D eigenvalue weighted by Gasteiger charge is -2.30. The Morgan fingerprint density at radius 2 is 2.21 bits per heavy atom. The summed E-state index contributed by atoms with van der Waals surface area (Å²) in [4.78, 5) is 15.2. The highest BCUT2D eigenvalue weighted by molar-refractivity contribution is 5.76. The van der Waals surface area contributed by atoms with Crippen LogP contribution in [0.25, 0.3) is 11.0 Å². The SMILES string of the molecule is Cn1cnc2cc(C(N)C(C)(C)CC(=O)O)ccc21. The number of rotatable bonds is 4. The van der Waals surface area contributed by atoms with Crippen LogP contribution in [0.3, 0.4) is 0 Å². The van der Waals surface area contributed by atoms with Gasteiger partial charge in [-0.2, -0.15) is 0 Å². The number of imidazole rings is 1. The maximum absolute atomic E-state index is 10.9. The molecule has 0 saturated heterocycles. The standard InChI is InChI=1S/C14H19N3O2/c1-14(2,7-12(18)19)13(15)9-4-5-11-10(6-9)16-8-17(11)3/h4-6,8,13H,7,15H2,1-3H3,(H,18,19). The van der Waals surface area contributed by atoms with E-state index in [1.165, 1.54) is 0 Å². The highest BCUT2D eigenvalue weighted by atomic mass is 16.4. The first-order valence-corrected chi connectivity index (χ1v) is 6.19. The molecule has 0 aliphatic carbocycles. The van der Waals surface area contributed by atoms with Gasteiger partial charge >= 0.3 is 5.97 Å². The summed E-state index contributed by atoms with van der Waals surface area (Å²) in [6.45, 7) is 3.74. The lowest BCUT2D eigenvalue weighted by Crippen LogP contribution is -2.31. The van der Waals surface area contributed by atoms with Crippen LogP contribution in [-0.4, -0.2) is 20.6 Å². The normalized spacial score (nSPS) is 13.7. The van der Waals surface area contributed by atoms with Crippen LogP contribution in [0.5, 0.6) is 0 Å². The van der Waals surface area contributed by atoms with E-state index in [0.29, 0.717) is 0 Å². The van der Waals surface area contributed by atoms with Crippen LogP contribution >= 0.6 is 0 Å². The third kappa shape index (κ3) is 2.61. The number of hydrogen-bond donors (Lipinski definition) is 2. The molecule has 1 aromatic heterocycles. The second-order valence-electron chi connectivity index (χ2n) is 5.64. The molecule has 102 valence electrons. The summed E-state index contributed by atoms with van der Waals surface area (Å²) in [6, 6.07) is 5.51. The quantitative estimate of drug-likeness (QED) is 0.882. The maximum Gasteiger partial charge on any atom is 0.303 e. The van der Waals surface area contributed by atoms with E-state index >= 15 is 0 Å². The molecular formula is C14H19N3O2. The van der Waals surface area contributed by atoms with Gasteiger partial charge in [-0.15, -0.1) is 0 Å². The third-order valence-corrected chi connectivity index (χ3v) is 3.56. The van der Waals surface area contributed by atoms with Crippen molar-refractivity contribution in [2.45, 2.75) is 26.3 Å². The molecular weight excluding hydrogens is 242 g/mol. The zero-order chi connectivity index (χ0) is 14.2. The lowest BCUT2D eigenvalue weighted by molar-refractivity contribution is -0.139. The van der Waals surface area contributed by atoms with Crippen LogP contribution in [0.15, 0.2) is 24.5 Å². The van der Waals surface area contributed by atoms with Crippen molar-refractivity contribution in [2.75, 3.05) is 0 Å². The number of aromatic nitrogens is 2. The minimum absolute atomic E-state index is 0.0361. The number of carboxylic acids is 1. The van der Waals surface area contributed by atoms with Crippen molar-refractivity contribution in [3.8, 4) is 0 Å². The van der Waals surface area contributed by atoms with Crippen LogP contribution in [0, 0.1) is 5.41 Å². The summed E-state index contributed by atoms with van der Waals surface area (Å²) in [5.41, 5.74) is 8.54. The first-order chi connectivity index (χ1) is 8.81. The average molecular weight is 261 g/mol. The predicted octanol–water partition coefficient (Wildman–Crippen LogP) is 2.07. The van der Waals surface area contributed by atoms with Gasteiger partial charge in [-0.3, -0.25) is 4.79 Å². The lowest BCUT2D eigenvalue weighted by atomic mass is 9.78. The van der Waals surface area contributed by atoms with E-state index in [9.17, 15) is 4.79 Å².